The Bertz CT molecular complexity index is 688. The van der Waals surface area contributed by atoms with Gasteiger partial charge in [0.15, 0.2) is 5.11 Å². The number of thiocarbonyl (C=S) groups is 1. The van der Waals surface area contributed by atoms with Crippen LogP contribution in [0.25, 0.3) is 0 Å². The summed E-state index contributed by atoms with van der Waals surface area (Å²) in [5.74, 6) is 0.987. The quantitative estimate of drug-likeness (QED) is 0.481. The zero-order valence-corrected chi connectivity index (χ0v) is 14.4. The smallest absolute Gasteiger partial charge is 0.176 e. The fourth-order valence-electron chi connectivity index (χ4n) is 1.99. The molecule has 0 aliphatic rings. The highest BCUT2D eigenvalue weighted by Gasteiger charge is 2.17. The van der Waals surface area contributed by atoms with E-state index in [4.69, 9.17) is 28.1 Å². The van der Waals surface area contributed by atoms with Gasteiger partial charge in [-0.05, 0) is 55.5 Å². The molecule has 0 spiro atoms. The molecule has 22 heavy (non-hydrogen) atoms. The summed E-state index contributed by atoms with van der Waals surface area (Å²) in [6.07, 6.45) is 0. The molecule has 0 aromatic heterocycles. The van der Waals surface area contributed by atoms with E-state index in [2.05, 4.69) is 15.9 Å². The highest BCUT2D eigenvalue weighted by Crippen LogP contribution is 2.22. The normalized spacial score (nSPS) is 10.1. The molecule has 0 fully saturated rings. The molecule has 0 atom stereocenters. The zero-order chi connectivity index (χ0) is 16.1. The average Bonchev–Trinajstić information content (AvgIpc) is 2.49. The number of nitrogens with two attached hydrogens (primary N) is 1. The standard InChI is InChI=1S/C16H16BrN3OS/c1-2-21-14-8-6-13(7-9-14)20(16(19)22)15(18)11-4-3-5-12(17)10-11/h3-10,18H,2H2,1H3,(H2,19,22). The molecule has 0 amide bonds. The lowest BCUT2D eigenvalue weighted by atomic mass is 10.1. The minimum absolute atomic E-state index is 0.120. The van der Waals surface area contributed by atoms with Crippen molar-refractivity contribution < 1.29 is 4.74 Å². The number of rotatable bonds is 4. The van der Waals surface area contributed by atoms with Gasteiger partial charge >= 0.3 is 0 Å². The van der Waals surface area contributed by atoms with Crippen molar-refractivity contribution >= 4 is 44.8 Å². The first-order valence-corrected chi connectivity index (χ1v) is 7.90. The maximum atomic E-state index is 8.39. The molecule has 2 rings (SSSR count). The van der Waals surface area contributed by atoms with Gasteiger partial charge in [-0.25, -0.2) is 0 Å². The first kappa shape index (κ1) is 16.5. The SMILES string of the molecule is CCOc1ccc(N(C(=N)c2cccc(Br)c2)C(N)=S)cc1. The molecule has 0 heterocycles. The fourth-order valence-corrected chi connectivity index (χ4v) is 2.59. The number of amidine groups is 1. The number of hydrogen-bond acceptors (Lipinski definition) is 3. The van der Waals surface area contributed by atoms with Crippen LogP contribution in [0, 0.1) is 5.41 Å². The van der Waals surface area contributed by atoms with Gasteiger partial charge in [0.1, 0.15) is 11.6 Å². The van der Waals surface area contributed by atoms with Gasteiger partial charge in [0.2, 0.25) is 0 Å². The Morgan fingerprint density at radius 1 is 1.27 bits per heavy atom. The summed E-state index contributed by atoms with van der Waals surface area (Å²) in [5.41, 5.74) is 7.26. The van der Waals surface area contributed by atoms with Crippen molar-refractivity contribution in [3.05, 3.63) is 58.6 Å². The molecule has 0 unspecified atom stereocenters. The van der Waals surface area contributed by atoms with Crippen molar-refractivity contribution in [3.63, 3.8) is 0 Å². The summed E-state index contributed by atoms with van der Waals surface area (Å²) in [5, 5.41) is 8.51. The van der Waals surface area contributed by atoms with Crippen molar-refractivity contribution in [2.24, 2.45) is 5.73 Å². The minimum Gasteiger partial charge on any atom is -0.494 e. The van der Waals surface area contributed by atoms with Gasteiger partial charge in [-0.15, -0.1) is 0 Å². The maximum Gasteiger partial charge on any atom is 0.176 e. The Hall–Kier alpha value is -1.92. The lowest BCUT2D eigenvalue weighted by Gasteiger charge is -2.24. The first-order valence-electron chi connectivity index (χ1n) is 6.70. The van der Waals surface area contributed by atoms with E-state index in [0.29, 0.717) is 6.61 Å². The van der Waals surface area contributed by atoms with E-state index >= 15 is 0 Å². The Morgan fingerprint density at radius 3 is 2.50 bits per heavy atom. The molecule has 0 saturated heterocycles. The summed E-state index contributed by atoms with van der Waals surface area (Å²) < 4.78 is 6.31. The molecule has 2 aromatic rings. The predicted molar refractivity (Wildman–Crippen MR) is 97.8 cm³/mol. The van der Waals surface area contributed by atoms with E-state index in [1.165, 1.54) is 4.90 Å². The summed E-state index contributed by atoms with van der Waals surface area (Å²) in [6.45, 7) is 2.53. The fraction of sp³-hybridized carbons (Fsp3) is 0.125. The monoisotopic (exact) mass is 377 g/mol. The van der Waals surface area contributed by atoms with Crippen LogP contribution in [0.5, 0.6) is 5.75 Å². The first-order chi connectivity index (χ1) is 10.5. The van der Waals surface area contributed by atoms with E-state index in [0.717, 1.165) is 21.5 Å². The van der Waals surface area contributed by atoms with Gasteiger partial charge in [0.05, 0.1) is 12.3 Å². The minimum atomic E-state index is 0.120. The van der Waals surface area contributed by atoms with Gasteiger partial charge in [-0.2, -0.15) is 0 Å². The van der Waals surface area contributed by atoms with Crippen LogP contribution in [0.15, 0.2) is 53.0 Å². The van der Waals surface area contributed by atoms with Crippen molar-refractivity contribution in [3.8, 4) is 5.75 Å². The number of anilines is 1. The van der Waals surface area contributed by atoms with E-state index in [-0.39, 0.29) is 10.9 Å². The second-order valence-corrected chi connectivity index (χ2v) is 5.79. The lowest BCUT2D eigenvalue weighted by Crippen LogP contribution is -2.40. The van der Waals surface area contributed by atoms with Crippen molar-refractivity contribution in [2.75, 3.05) is 11.5 Å². The number of nitrogens with one attached hydrogen (secondary N) is 1. The second kappa shape index (κ2) is 7.38. The summed E-state index contributed by atoms with van der Waals surface area (Å²) in [7, 11) is 0. The molecule has 4 nitrogen and oxygen atoms in total. The number of ether oxygens (including phenoxy) is 1. The maximum absolute atomic E-state index is 8.39. The van der Waals surface area contributed by atoms with Crippen molar-refractivity contribution in [2.45, 2.75) is 6.92 Å². The van der Waals surface area contributed by atoms with Gasteiger partial charge in [-0.1, -0.05) is 28.1 Å². The molecular formula is C16H16BrN3OS. The van der Waals surface area contributed by atoms with Crippen molar-refractivity contribution in [1.82, 2.24) is 0 Å². The number of halogens is 1. The Balaban J connectivity index is 2.33. The molecule has 3 N–H and O–H groups in total. The third-order valence-electron chi connectivity index (χ3n) is 2.95. The van der Waals surface area contributed by atoms with E-state index < -0.39 is 0 Å². The summed E-state index contributed by atoms with van der Waals surface area (Å²) in [4.78, 5) is 1.52. The molecule has 0 saturated carbocycles. The molecule has 114 valence electrons. The van der Waals surface area contributed by atoms with E-state index in [1.807, 2.05) is 55.5 Å². The lowest BCUT2D eigenvalue weighted by molar-refractivity contribution is 0.340. The van der Waals surface area contributed by atoms with Crippen LogP contribution in [0.3, 0.4) is 0 Å². The number of hydrogen-bond donors (Lipinski definition) is 2. The Labute approximate surface area is 143 Å². The Morgan fingerprint density at radius 2 is 1.95 bits per heavy atom. The van der Waals surface area contributed by atoms with Gasteiger partial charge in [0, 0.05) is 10.0 Å². The van der Waals surface area contributed by atoms with Crippen molar-refractivity contribution in [1.29, 1.82) is 5.41 Å². The third kappa shape index (κ3) is 3.84. The van der Waals surface area contributed by atoms with E-state index in [9.17, 15) is 0 Å². The number of nitrogens with zero attached hydrogens (tertiary/aromatic N) is 1. The third-order valence-corrected chi connectivity index (χ3v) is 3.62. The highest BCUT2D eigenvalue weighted by molar-refractivity contribution is 9.10. The molecular weight excluding hydrogens is 362 g/mol. The summed E-state index contributed by atoms with van der Waals surface area (Å²) in [6, 6.07) is 14.8. The predicted octanol–water partition coefficient (Wildman–Crippen LogP) is 3.92. The molecule has 6 heteroatoms. The average molecular weight is 378 g/mol. The molecule has 2 aromatic carbocycles. The second-order valence-electron chi connectivity index (χ2n) is 4.46. The van der Waals surface area contributed by atoms with Gasteiger partial charge in [-0.3, -0.25) is 10.3 Å². The molecule has 0 aliphatic heterocycles. The molecule has 0 aliphatic carbocycles. The largest absolute Gasteiger partial charge is 0.494 e. The van der Waals surface area contributed by atoms with Crippen LogP contribution < -0.4 is 15.4 Å². The highest BCUT2D eigenvalue weighted by atomic mass is 79.9. The molecule has 0 bridgehead atoms. The van der Waals surface area contributed by atoms with Crippen LogP contribution in [0.1, 0.15) is 12.5 Å². The summed E-state index contributed by atoms with van der Waals surface area (Å²) >= 11 is 8.52. The van der Waals surface area contributed by atoms with Crippen LogP contribution >= 0.6 is 28.1 Å². The number of benzene rings is 2. The topological polar surface area (TPSA) is 62.3 Å². The van der Waals surface area contributed by atoms with Gasteiger partial charge < -0.3 is 10.5 Å². The van der Waals surface area contributed by atoms with Crippen LogP contribution in [0.4, 0.5) is 5.69 Å². The Kier molecular flexibility index (Phi) is 5.51. The van der Waals surface area contributed by atoms with Crippen LogP contribution in [0.2, 0.25) is 0 Å². The zero-order valence-electron chi connectivity index (χ0n) is 12.0. The van der Waals surface area contributed by atoms with E-state index in [1.54, 1.807) is 0 Å². The van der Waals surface area contributed by atoms with Crippen LogP contribution in [-0.2, 0) is 0 Å². The van der Waals surface area contributed by atoms with Gasteiger partial charge in [0.25, 0.3) is 0 Å². The van der Waals surface area contributed by atoms with Crippen LogP contribution in [-0.4, -0.2) is 17.6 Å². The molecule has 0 radical (unpaired) electrons.